The average Bonchev–Trinajstić information content (AvgIpc) is 2.29. The summed E-state index contributed by atoms with van der Waals surface area (Å²) in [5, 5.41) is 11.9. The van der Waals surface area contributed by atoms with Crippen molar-refractivity contribution in [2.75, 3.05) is 0 Å². The highest BCUT2D eigenvalue weighted by Gasteiger charge is 2.30. The van der Waals surface area contributed by atoms with Gasteiger partial charge in [-0.3, -0.25) is 9.59 Å². The van der Waals surface area contributed by atoms with E-state index < -0.39 is 17.8 Å². The van der Waals surface area contributed by atoms with Crippen LogP contribution in [-0.2, 0) is 9.59 Å². The first kappa shape index (κ1) is 15.0. The summed E-state index contributed by atoms with van der Waals surface area (Å²) in [5.74, 6) is -2.15. The first-order valence-electron chi connectivity index (χ1n) is 6.76. The lowest BCUT2D eigenvalue weighted by Gasteiger charge is -2.35. The molecule has 18 heavy (non-hydrogen) atoms. The summed E-state index contributed by atoms with van der Waals surface area (Å²) in [7, 11) is 0. The van der Waals surface area contributed by atoms with E-state index in [4.69, 9.17) is 5.11 Å². The number of hydrogen-bond donors (Lipinski definition) is 2. The third-order valence-corrected chi connectivity index (χ3v) is 4.24. The van der Waals surface area contributed by atoms with E-state index in [0.29, 0.717) is 5.41 Å². The standard InChI is InChI=1S/C14H25NO3/c1-9(10(2)13(17)18)12(16)15-11-5-7-14(3,4)8-6-11/h9-11H,5-8H2,1-4H3,(H,15,16)(H,17,18). The number of nitrogens with one attached hydrogen (secondary N) is 1. The zero-order chi connectivity index (χ0) is 13.9. The Morgan fingerprint density at radius 2 is 1.67 bits per heavy atom. The average molecular weight is 255 g/mol. The number of amides is 1. The zero-order valence-corrected chi connectivity index (χ0v) is 11.8. The van der Waals surface area contributed by atoms with Crippen LogP contribution in [0.3, 0.4) is 0 Å². The van der Waals surface area contributed by atoms with Gasteiger partial charge in [-0.25, -0.2) is 0 Å². The minimum Gasteiger partial charge on any atom is -0.481 e. The number of carboxylic acids is 1. The molecule has 0 aromatic rings. The predicted octanol–water partition coefficient (Wildman–Crippen LogP) is 2.43. The molecule has 2 unspecified atom stereocenters. The summed E-state index contributed by atoms with van der Waals surface area (Å²) in [5.41, 5.74) is 0.376. The summed E-state index contributed by atoms with van der Waals surface area (Å²) < 4.78 is 0. The Bertz CT molecular complexity index is 315. The van der Waals surface area contributed by atoms with Crippen LogP contribution in [0.4, 0.5) is 0 Å². The number of hydrogen-bond acceptors (Lipinski definition) is 2. The number of carbonyl (C=O) groups excluding carboxylic acids is 1. The Hall–Kier alpha value is -1.06. The summed E-state index contributed by atoms with van der Waals surface area (Å²) in [4.78, 5) is 22.8. The molecule has 0 bridgehead atoms. The van der Waals surface area contributed by atoms with Crippen LogP contribution in [0.15, 0.2) is 0 Å². The van der Waals surface area contributed by atoms with Gasteiger partial charge in [0.05, 0.1) is 5.92 Å². The van der Waals surface area contributed by atoms with E-state index in [1.54, 1.807) is 13.8 Å². The quantitative estimate of drug-likeness (QED) is 0.810. The Morgan fingerprint density at radius 3 is 2.11 bits per heavy atom. The maximum Gasteiger partial charge on any atom is 0.307 e. The monoisotopic (exact) mass is 255 g/mol. The first-order valence-corrected chi connectivity index (χ1v) is 6.76. The molecule has 0 heterocycles. The predicted molar refractivity (Wildman–Crippen MR) is 70.1 cm³/mol. The second kappa shape index (κ2) is 5.72. The van der Waals surface area contributed by atoms with E-state index in [-0.39, 0.29) is 11.9 Å². The minimum atomic E-state index is -0.914. The minimum absolute atomic E-state index is 0.130. The summed E-state index contributed by atoms with van der Waals surface area (Å²) in [6.07, 6.45) is 4.21. The van der Waals surface area contributed by atoms with Crippen molar-refractivity contribution in [3.8, 4) is 0 Å². The maximum atomic E-state index is 11.9. The van der Waals surface area contributed by atoms with Crippen LogP contribution in [0.5, 0.6) is 0 Å². The molecule has 0 radical (unpaired) electrons. The summed E-state index contributed by atoms with van der Waals surface area (Å²) in [6.45, 7) is 7.76. The van der Waals surface area contributed by atoms with Gasteiger partial charge in [-0.1, -0.05) is 27.7 Å². The second-order valence-electron chi connectivity index (χ2n) is 6.36. The fraction of sp³-hybridized carbons (Fsp3) is 0.857. The molecule has 0 aliphatic heterocycles. The van der Waals surface area contributed by atoms with Gasteiger partial charge < -0.3 is 10.4 Å². The summed E-state index contributed by atoms with van der Waals surface area (Å²) >= 11 is 0. The van der Waals surface area contributed by atoms with Crippen LogP contribution in [-0.4, -0.2) is 23.0 Å². The van der Waals surface area contributed by atoms with Crippen LogP contribution >= 0.6 is 0 Å². The molecule has 2 atom stereocenters. The van der Waals surface area contributed by atoms with Gasteiger partial charge in [-0.15, -0.1) is 0 Å². The van der Waals surface area contributed by atoms with Crippen molar-refractivity contribution < 1.29 is 14.7 Å². The zero-order valence-electron chi connectivity index (χ0n) is 11.8. The van der Waals surface area contributed by atoms with E-state index in [0.717, 1.165) is 25.7 Å². The Balaban J connectivity index is 2.44. The Morgan fingerprint density at radius 1 is 1.17 bits per heavy atom. The molecule has 1 amide bonds. The van der Waals surface area contributed by atoms with Crippen LogP contribution in [0.1, 0.15) is 53.4 Å². The lowest BCUT2D eigenvalue weighted by Crippen LogP contribution is -2.43. The van der Waals surface area contributed by atoms with Crippen LogP contribution < -0.4 is 5.32 Å². The van der Waals surface area contributed by atoms with Gasteiger partial charge >= 0.3 is 5.97 Å². The highest BCUT2D eigenvalue weighted by Crippen LogP contribution is 2.35. The molecule has 4 nitrogen and oxygen atoms in total. The lowest BCUT2D eigenvalue weighted by atomic mass is 9.75. The van der Waals surface area contributed by atoms with Gasteiger partial charge in [-0.2, -0.15) is 0 Å². The van der Waals surface area contributed by atoms with Gasteiger partial charge in [0.1, 0.15) is 0 Å². The van der Waals surface area contributed by atoms with Crippen molar-refractivity contribution in [3.63, 3.8) is 0 Å². The SMILES string of the molecule is CC(C(=O)O)C(C)C(=O)NC1CCC(C)(C)CC1. The lowest BCUT2D eigenvalue weighted by molar-refractivity contribution is -0.146. The van der Waals surface area contributed by atoms with Gasteiger partial charge in [-0.05, 0) is 31.1 Å². The smallest absolute Gasteiger partial charge is 0.307 e. The van der Waals surface area contributed by atoms with E-state index >= 15 is 0 Å². The van der Waals surface area contributed by atoms with Crippen molar-refractivity contribution in [1.82, 2.24) is 5.32 Å². The molecule has 1 saturated carbocycles. The maximum absolute atomic E-state index is 11.9. The van der Waals surface area contributed by atoms with E-state index in [1.807, 2.05) is 0 Å². The molecule has 4 heteroatoms. The largest absolute Gasteiger partial charge is 0.481 e. The molecule has 1 rings (SSSR count). The molecule has 104 valence electrons. The third-order valence-electron chi connectivity index (χ3n) is 4.24. The normalized spacial score (nSPS) is 23.1. The van der Waals surface area contributed by atoms with Crippen molar-refractivity contribution in [2.24, 2.45) is 17.3 Å². The fourth-order valence-corrected chi connectivity index (χ4v) is 2.32. The highest BCUT2D eigenvalue weighted by molar-refractivity contribution is 5.84. The van der Waals surface area contributed by atoms with E-state index in [9.17, 15) is 9.59 Å². The Labute approximate surface area is 109 Å². The van der Waals surface area contributed by atoms with Crippen LogP contribution in [0.2, 0.25) is 0 Å². The molecule has 0 saturated heterocycles. The topological polar surface area (TPSA) is 66.4 Å². The molecule has 0 aromatic carbocycles. The molecule has 1 aliphatic rings. The molecule has 1 fully saturated rings. The van der Waals surface area contributed by atoms with Crippen molar-refractivity contribution >= 4 is 11.9 Å². The number of rotatable bonds is 4. The van der Waals surface area contributed by atoms with Crippen LogP contribution in [0, 0.1) is 17.3 Å². The molecule has 1 aliphatic carbocycles. The Kier molecular flexibility index (Phi) is 4.77. The van der Waals surface area contributed by atoms with Gasteiger partial charge in [0.15, 0.2) is 0 Å². The van der Waals surface area contributed by atoms with Gasteiger partial charge in [0.25, 0.3) is 0 Å². The van der Waals surface area contributed by atoms with E-state index in [2.05, 4.69) is 19.2 Å². The highest BCUT2D eigenvalue weighted by atomic mass is 16.4. The van der Waals surface area contributed by atoms with Crippen molar-refractivity contribution in [2.45, 2.75) is 59.4 Å². The van der Waals surface area contributed by atoms with Crippen LogP contribution in [0.25, 0.3) is 0 Å². The van der Waals surface area contributed by atoms with Gasteiger partial charge in [0.2, 0.25) is 5.91 Å². The van der Waals surface area contributed by atoms with Crippen molar-refractivity contribution in [1.29, 1.82) is 0 Å². The number of carbonyl (C=O) groups is 2. The molecular weight excluding hydrogens is 230 g/mol. The molecule has 2 N–H and O–H groups in total. The fourth-order valence-electron chi connectivity index (χ4n) is 2.32. The molecular formula is C14H25NO3. The van der Waals surface area contributed by atoms with Crippen molar-refractivity contribution in [3.05, 3.63) is 0 Å². The van der Waals surface area contributed by atoms with E-state index in [1.165, 1.54) is 0 Å². The molecule has 0 spiro atoms. The molecule has 0 aromatic heterocycles. The van der Waals surface area contributed by atoms with Gasteiger partial charge in [0, 0.05) is 12.0 Å². The second-order valence-corrected chi connectivity index (χ2v) is 6.36. The summed E-state index contributed by atoms with van der Waals surface area (Å²) in [6, 6.07) is 0.217. The number of carboxylic acid groups (broad SMARTS) is 1. The first-order chi connectivity index (χ1) is 8.23. The third kappa shape index (κ3) is 4.00. The number of aliphatic carboxylic acids is 1.